The average Bonchev–Trinajstić information content (AvgIpc) is 2.83. The van der Waals surface area contributed by atoms with Crippen molar-refractivity contribution in [3.8, 4) is 0 Å². The fourth-order valence-corrected chi connectivity index (χ4v) is 3.11. The van der Waals surface area contributed by atoms with E-state index < -0.39 is 23.4 Å². The first-order valence-corrected chi connectivity index (χ1v) is 8.86. The van der Waals surface area contributed by atoms with Crippen molar-refractivity contribution in [3.63, 3.8) is 0 Å². The number of halogens is 1. The third-order valence-electron chi connectivity index (χ3n) is 4.79. The highest BCUT2D eigenvalue weighted by molar-refractivity contribution is 6.30. The first-order chi connectivity index (χ1) is 12.7. The van der Waals surface area contributed by atoms with Crippen LogP contribution in [-0.4, -0.2) is 29.3 Å². The molecule has 3 rings (SSSR count). The summed E-state index contributed by atoms with van der Waals surface area (Å²) in [6.45, 7) is 5.17. The van der Waals surface area contributed by atoms with Crippen LogP contribution in [-0.2, 0) is 15.1 Å². The fraction of sp³-hybridized carbons (Fsp3) is 0.250. The Kier molecular flexibility index (Phi) is 4.93. The molecule has 0 aromatic heterocycles. The second-order valence-electron chi connectivity index (χ2n) is 6.80. The van der Waals surface area contributed by atoms with Crippen LogP contribution in [0.5, 0.6) is 0 Å². The van der Waals surface area contributed by atoms with E-state index in [1.807, 2.05) is 26.0 Å². The molecule has 1 unspecified atom stereocenters. The number of hydrogen-bond acceptors (Lipinski definition) is 3. The molecule has 27 heavy (non-hydrogen) atoms. The minimum atomic E-state index is -1.23. The van der Waals surface area contributed by atoms with Crippen LogP contribution >= 0.6 is 11.6 Å². The standard InChI is InChI=1S/C20H20ClN3O3/c1-12-4-9-16(10-13(12)2)22-17(25)11-24-18(26)20(3,23-19(24)27)14-5-7-15(21)8-6-14/h4-10H,11H2,1-3H3,(H,22,25)(H,23,27). The van der Waals surface area contributed by atoms with Gasteiger partial charge in [0.2, 0.25) is 5.91 Å². The van der Waals surface area contributed by atoms with Gasteiger partial charge in [-0.05, 0) is 61.7 Å². The molecule has 0 radical (unpaired) electrons. The van der Waals surface area contributed by atoms with Crippen LogP contribution in [0.2, 0.25) is 5.02 Å². The number of nitrogens with one attached hydrogen (secondary N) is 2. The molecule has 1 atom stereocenters. The zero-order valence-corrected chi connectivity index (χ0v) is 16.1. The molecule has 1 heterocycles. The molecule has 2 aromatic rings. The van der Waals surface area contributed by atoms with Crippen LogP contribution in [0.4, 0.5) is 10.5 Å². The van der Waals surface area contributed by atoms with Crippen LogP contribution in [0.1, 0.15) is 23.6 Å². The Balaban J connectivity index is 1.74. The molecule has 1 saturated heterocycles. The van der Waals surface area contributed by atoms with E-state index in [1.54, 1.807) is 37.3 Å². The number of imide groups is 1. The van der Waals surface area contributed by atoms with E-state index >= 15 is 0 Å². The summed E-state index contributed by atoms with van der Waals surface area (Å²) in [6, 6.07) is 11.6. The molecule has 0 saturated carbocycles. The number of hydrogen-bond donors (Lipinski definition) is 2. The van der Waals surface area contributed by atoms with Crippen LogP contribution in [0.3, 0.4) is 0 Å². The van der Waals surface area contributed by atoms with Gasteiger partial charge in [-0.25, -0.2) is 4.79 Å². The second-order valence-corrected chi connectivity index (χ2v) is 7.24. The molecular formula is C20H20ClN3O3. The Morgan fingerprint density at radius 1 is 1.11 bits per heavy atom. The van der Waals surface area contributed by atoms with Gasteiger partial charge in [0.05, 0.1) is 0 Å². The Hall–Kier alpha value is -2.86. The number of aryl methyl sites for hydroxylation is 2. The highest BCUT2D eigenvalue weighted by Crippen LogP contribution is 2.29. The predicted molar refractivity (Wildman–Crippen MR) is 104 cm³/mol. The molecule has 2 aromatic carbocycles. The number of amides is 4. The Morgan fingerprint density at radius 2 is 1.78 bits per heavy atom. The topological polar surface area (TPSA) is 78.5 Å². The molecule has 0 bridgehead atoms. The van der Waals surface area contributed by atoms with Crippen molar-refractivity contribution in [3.05, 3.63) is 64.2 Å². The molecule has 1 aliphatic rings. The lowest BCUT2D eigenvalue weighted by atomic mass is 9.92. The van der Waals surface area contributed by atoms with Gasteiger partial charge in [0.25, 0.3) is 5.91 Å². The van der Waals surface area contributed by atoms with Crippen LogP contribution in [0.15, 0.2) is 42.5 Å². The van der Waals surface area contributed by atoms with E-state index in [2.05, 4.69) is 10.6 Å². The monoisotopic (exact) mass is 385 g/mol. The quantitative estimate of drug-likeness (QED) is 0.792. The largest absolute Gasteiger partial charge is 0.325 e. The van der Waals surface area contributed by atoms with Gasteiger partial charge in [0.1, 0.15) is 12.1 Å². The molecule has 6 nitrogen and oxygen atoms in total. The number of nitrogens with zero attached hydrogens (tertiary/aromatic N) is 1. The Morgan fingerprint density at radius 3 is 2.41 bits per heavy atom. The molecule has 7 heteroatoms. The summed E-state index contributed by atoms with van der Waals surface area (Å²) < 4.78 is 0. The molecule has 0 aliphatic carbocycles. The maximum atomic E-state index is 12.8. The Labute approximate surface area is 162 Å². The van der Waals surface area contributed by atoms with Crippen molar-refractivity contribution in [1.29, 1.82) is 0 Å². The van der Waals surface area contributed by atoms with Crippen LogP contribution in [0.25, 0.3) is 0 Å². The van der Waals surface area contributed by atoms with E-state index in [0.717, 1.165) is 16.0 Å². The molecule has 1 aliphatic heterocycles. The summed E-state index contributed by atoms with van der Waals surface area (Å²) in [5.74, 6) is -0.924. The summed E-state index contributed by atoms with van der Waals surface area (Å²) in [7, 11) is 0. The maximum Gasteiger partial charge on any atom is 0.325 e. The molecule has 0 spiro atoms. The van der Waals surface area contributed by atoms with E-state index in [-0.39, 0.29) is 6.54 Å². The summed E-state index contributed by atoms with van der Waals surface area (Å²) in [4.78, 5) is 38.4. The average molecular weight is 386 g/mol. The Bertz CT molecular complexity index is 927. The first kappa shape index (κ1) is 18.9. The van der Waals surface area contributed by atoms with Gasteiger partial charge in [-0.3, -0.25) is 14.5 Å². The number of rotatable bonds is 4. The second kappa shape index (κ2) is 7.04. The van der Waals surface area contributed by atoms with Crippen molar-refractivity contribution in [1.82, 2.24) is 10.2 Å². The van der Waals surface area contributed by atoms with Gasteiger partial charge in [-0.1, -0.05) is 29.8 Å². The molecular weight excluding hydrogens is 366 g/mol. The van der Waals surface area contributed by atoms with E-state index in [0.29, 0.717) is 16.3 Å². The lowest BCUT2D eigenvalue weighted by Gasteiger charge is -2.22. The van der Waals surface area contributed by atoms with Crippen LogP contribution in [0, 0.1) is 13.8 Å². The highest BCUT2D eigenvalue weighted by atomic mass is 35.5. The maximum absolute atomic E-state index is 12.8. The van der Waals surface area contributed by atoms with E-state index in [4.69, 9.17) is 11.6 Å². The first-order valence-electron chi connectivity index (χ1n) is 8.48. The summed E-state index contributed by atoms with van der Waals surface area (Å²) in [6.07, 6.45) is 0. The molecule has 140 valence electrons. The molecule has 2 N–H and O–H groups in total. The van der Waals surface area contributed by atoms with E-state index in [1.165, 1.54) is 0 Å². The van der Waals surface area contributed by atoms with Gasteiger partial charge in [0, 0.05) is 10.7 Å². The smallest absolute Gasteiger partial charge is 0.325 e. The number of benzene rings is 2. The van der Waals surface area contributed by atoms with Crippen molar-refractivity contribution < 1.29 is 14.4 Å². The fourth-order valence-electron chi connectivity index (χ4n) is 2.98. The van der Waals surface area contributed by atoms with Crippen molar-refractivity contribution in [2.45, 2.75) is 26.3 Å². The van der Waals surface area contributed by atoms with Crippen molar-refractivity contribution in [2.24, 2.45) is 0 Å². The SMILES string of the molecule is Cc1ccc(NC(=O)CN2C(=O)NC(C)(c3ccc(Cl)cc3)C2=O)cc1C. The van der Waals surface area contributed by atoms with Crippen molar-refractivity contribution >= 4 is 35.1 Å². The summed E-state index contributed by atoms with van der Waals surface area (Å²) in [5.41, 5.74) is 2.14. The van der Waals surface area contributed by atoms with Crippen LogP contribution < -0.4 is 10.6 Å². The third kappa shape index (κ3) is 3.66. The summed E-state index contributed by atoms with van der Waals surface area (Å²) in [5, 5.41) is 5.92. The van der Waals surface area contributed by atoms with E-state index in [9.17, 15) is 14.4 Å². The van der Waals surface area contributed by atoms with Crippen molar-refractivity contribution in [2.75, 3.05) is 11.9 Å². The minimum absolute atomic E-state index is 0.360. The normalized spacial score (nSPS) is 19.2. The van der Waals surface area contributed by atoms with Gasteiger partial charge in [-0.2, -0.15) is 0 Å². The summed E-state index contributed by atoms with van der Waals surface area (Å²) >= 11 is 5.89. The van der Waals surface area contributed by atoms with Gasteiger partial charge in [0.15, 0.2) is 0 Å². The lowest BCUT2D eigenvalue weighted by molar-refractivity contribution is -0.133. The predicted octanol–water partition coefficient (Wildman–Crippen LogP) is 3.36. The van der Waals surface area contributed by atoms with Gasteiger partial charge >= 0.3 is 6.03 Å². The number of anilines is 1. The highest BCUT2D eigenvalue weighted by Gasteiger charge is 2.49. The number of urea groups is 1. The van der Waals surface area contributed by atoms with Gasteiger partial charge < -0.3 is 10.6 Å². The lowest BCUT2D eigenvalue weighted by Crippen LogP contribution is -2.42. The molecule has 1 fully saturated rings. The number of carbonyl (C=O) groups excluding carboxylic acids is 3. The zero-order valence-electron chi connectivity index (χ0n) is 15.3. The number of carbonyl (C=O) groups is 3. The van der Waals surface area contributed by atoms with Gasteiger partial charge in [-0.15, -0.1) is 0 Å². The zero-order chi connectivity index (χ0) is 19.8. The molecule has 4 amide bonds. The third-order valence-corrected chi connectivity index (χ3v) is 5.04. The minimum Gasteiger partial charge on any atom is -0.325 e.